The second-order valence-corrected chi connectivity index (χ2v) is 8.09. The number of hydrogen-bond donors (Lipinski definition) is 1. The minimum Gasteiger partial charge on any atom is -0.497 e. The van der Waals surface area contributed by atoms with Gasteiger partial charge in [0.15, 0.2) is 0 Å². The molecule has 1 amide bonds. The van der Waals surface area contributed by atoms with Gasteiger partial charge in [-0.1, -0.05) is 24.3 Å². The van der Waals surface area contributed by atoms with Crippen molar-refractivity contribution < 1.29 is 14.3 Å². The molecule has 1 aliphatic heterocycles. The van der Waals surface area contributed by atoms with Gasteiger partial charge in [0, 0.05) is 24.2 Å². The quantitative estimate of drug-likeness (QED) is 0.818. The molecule has 1 fully saturated rings. The number of carbonyl (C=O) groups is 1. The van der Waals surface area contributed by atoms with Crippen molar-refractivity contribution in [3.63, 3.8) is 0 Å². The average Bonchev–Trinajstić information content (AvgIpc) is 3.18. The van der Waals surface area contributed by atoms with Crippen LogP contribution in [0.15, 0.2) is 42.5 Å². The molecule has 1 atom stereocenters. The molecule has 0 spiro atoms. The summed E-state index contributed by atoms with van der Waals surface area (Å²) in [5.41, 5.74) is 3.81. The molecular weight excluding hydrogens is 364 g/mol. The molecule has 29 heavy (non-hydrogen) atoms. The monoisotopic (exact) mass is 394 g/mol. The molecule has 1 saturated heterocycles. The lowest BCUT2D eigenvalue weighted by Gasteiger charge is -2.37. The van der Waals surface area contributed by atoms with Crippen LogP contribution < -0.4 is 14.8 Å². The highest BCUT2D eigenvalue weighted by Crippen LogP contribution is 2.28. The standard InChI is InChI=1S/C24H30N2O3/c1-28-22-9-10-23(29-2)19(14-22)15-24(27)25-20-8-5-11-26(16-20)21-12-17-6-3-4-7-18(17)13-21/h3-4,6-7,9-10,14,20-21H,5,8,11-13,15-16H2,1-2H3,(H,25,27)/t20-/m1/s1. The van der Waals surface area contributed by atoms with E-state index in [-0.39, 0.29) is 11.9 Å². The van der Waals surface area contributed by atoms with Gasteiger partial charge in [0.1, 0.15) is 11.5 Å². The number of methoxy groups -OCH3 is 2. The molecule has 2 aliphatic rings. The van der Waals surface area contributed by atoms with Gasteiger partial charge in [0.05, 0.1) is 20.6 Å². The van der Waals surface area contributed by atoms with Crippen molar-refractivity contribution in [3.8, 4) is 11.5 Å². The first-order chi connectivity index (χ1) is 14.2. The molecule has 2 aromatic rings. The predicted molar refractivity (Wildman–Crippen MR) is 114 cm³/mol. The zero-order chi connectivity index (χ0) is 20.2. The number of piperidine rings is 1. The molecule has 0 radical (unpaired) electrons. The lowest BCUT2D eigenvalue weighted by molar-refractivity contribution is -0.121. The van der Waals surface area contributed by atoms with Gasteiger partial charge in [-0.2, -0.15) is 0 Å². The Balaban J connectivity index is 1.35. The molecule has 2 aromatic carbocycles. The van der Waals surface area contributed by atoms with E-state index in [0.717, 1.165) is 55.8 Å². The van der Waals surface area contributed by atoms with Crippen molar-refractivity contribution in [2.45, 2.75) is 44.2 Å². The van der Waals surface area contributed by atoms with Crippen molar-refractivity contribution in [2.75, 3.05) is 27.3 Å². The van der Waals surface area contributed by atoms with Crippen LogP contribution in [-0.4, -0.2) is 50.2 Å². The largest absolute Gasteiger partial charge is 0.497 e. The molecule has 4 rings (SSSR count). The van der Waals surface area contributed by atoms with Crippen LogP contribution in [0.2, 0.25) is 0 Å². The first-order valence-electron chi connectivity index (χ1n) is 10.5. The Morgan fingerprint density at radius 1 is 1.10 bits per heavy atom. The lowest BCUT2D eigenvalue weighted by Crippen LogP contribution is -2.51. The maximum absolute atomic E-state index is 12.7. The number of rotatable bonds is 6. The van der Waals surface area contributed by atoms with E-state index >= 15 is 0 Å². The lowest BCUT2D eigenvalue weighted by atomic mass is 10.0. The Morgan fingerprint density at radius 2 is 1.86 bits per heavy atom. The smallest absolute Gasteiger partial charge is 0.224 e. The van der Waals surface area contributed by atoms with E-state index in [9.17, 15) is 4.79 Å². The fourth-order valence-electron chi connectivity index (χ4n) is 4.72. The Labute approximate surface area is 173 Å². The number of benzene rings is 2. The Bertz CT molecular complexity index is 842. The summed E-state index contributed by atoms with van der Waals surface area (Å²) in [5, 5.41) is 3.25. The van der Waals surface area contributed by atoms with Crippen molar-refractivity contribution in [2.24, 2.45) is 0 Å². The molecule has 5 nitrogen and oxygen atoms in total. The Hall–Kier alpha value is -2.53. The van der Waals surface area contributed by atoms with Gasteiger partial charge in [0.2, 0.25) is 5.91 Å². The minimum atomic E-state index is 0.0399. The third-order valence-electron chi connectivity index (χ3n) is 6.20. The molecule has 0 bridgehead atoms. The zero-order valence-corrected chi connectivity index (χ0v) is 17.3. The molecule has 0 saturated carbocycles. The normalized spacial score (nSPS) is 19.6. The van der Waals surface area contributed by atoms with E-state index < -0.39 is 0 Å². The van der Waals surface area contributed by atoms with E-state index in [4.69, 9.17) is 9.47 Å². The zero-order valence-electron chi connectivity index (χ0n) is 17.3. The molecule has 1 heterocycles. The van der Waals surface area contributed by atoms with Crippen molar-refractivity contribution in [1.29, 1.82) is 0 Å². The minimum absolute atomic E-state index is 0.0399. The fraction of sp³-hybridized carbons (Fsp3) is 0.458. The maximum atomic E-state index is 12.7. The SMILES string of the molecule is COc1ccc(OC)c(CC(=O)N[C@@H]2CCCN(C3Cc4ccccc4C3)C2)c1. The summed E-state index contributed by atoms with van der Waals surface area (Å²) in [5.74, 6) is 1.49. The van der Waals surface area contributed by atoms with Gasteiger partial charge in [-0.15, -0.1) is 0 Å². The third kappa shape index (κ3) is 4.56. The topological polar surface area (TPSA) is 50.8 Å². The average molecular weight is 395 g/mol. The number of amides is 1. The van der Waals surface area contributed by atoms with E-state index in [1.807, 2.05) is 18.2 Å². The molecule has 1 aliphatic carbocycles. The van der Waals surface area contributed by atoms with Crippen LogP contribution in [0.1, 0.15) is 29.5 Å². The highest BCUT2D eigenvalue weighted by atomic mass is 16.5. The number of carbonyl (C=O) groups excluding carboxylic acids is 1. The van der Waals surface area contributed by atoms with Gasteiger partial charge >= 0.3 is 0 Å². The number of nitrogens with zero attached hydrogens (tertiary/aromatic N) is 1. The number of ether oxygens (including phenoxy) is 2. The number of fused-ring (bicyclic) bond motifs is 1. The second-order valence-electron chi connectivity index (χ2n) is 8.09. The first-order valence-corrected chi connectivity index (χ1v) is 10.5. The third-order valence-corrected chi connectivity index (χ3v) is 6.20. The summed E-state index contributed by atoms with van der Waals surface area (Å²) >= 11 is 0. The van der Waals surface area contributed by atoms with Crippen LogP contribution >= 0.6 is 0 Å². The summed E-state index contributed by atoms with van der Waals surface area (Å²) in [6.07, 6.45) is 4.71. The van der Waals surface area contributed by atoms with Crippen LogP contribution in [-0.2, 0) is 24.1 Å². The Kier molecular flexibility index (Phi) is 6.05. The fourth-order valence-corrected chi connectivity index (χ4v) is 4.72. The van der Waals surface area contributed by atoms with Crippen LogP contribution in [0.25, 0.3) is 0 Å². The Morgan fingerprint density at radius 3 is 2.55 bits per heavy atom. The van der Waals surface area contributed by atoms with E-state index in [1.54, 1.807) is 14.2 Å². The number of nitrogens with one attached hydrogen (secondary N) is 1. The van der Waals surface area contributed by atoms with Crippen molar-refractivity contribution in [1.82, 2.24) is 10.2 Å². The molecular formula is C24H30N2O3. The first kappa shape index (κ1) is 19.8. The summed E-state index contributed by atoms with van der Waals surface area (Å²) in [4.78, 5) is 15.3. The molecule has 0 unspecified atom stereocenters. The summed E-state index contributed by atoms with van der Waals surface area (Å²) in [6.45, 7) is 2.05. The van der Waals surface area contributed by atoms with Crippen LogP contribution in [0.4, 0.5) is 0 Å². The maximum Gasteiger partial charge on any atom is 0.224 e. The van der Waals surface area contributed by atoms with Crippen molar-refractivity contribution >= 4 is 5.91 Å². The summed E-state index contributed by atoms with van der Waals surface area (Å²) < 4.78 is 10.7. The molecule has 1 N–H and O–H groups in total. The molecule has 5 heteroatoms. The van der Waals surface area contributed by atoms with E-state index in [0.29, 0.717) is 12.5 Å². The van der Waals surface area contributed by atoms with Crippen LogP contribution in [0.5, 0.6) is 11.5 Å². The summed E-state index contributed by atoms with van der Waals surface area (Å²) in [7, 11) is 3.26. The van der Waals surface area contributed by atoms with Crippen molar-refractivity contribution in [3.05, 3.63) is 59.2 Å². The van der Waals surface area contributed by atoms with Gasteiger partial charge in [-0.3, -0.25) is 9.69 Å². The van der Waals surface area contributed by atoms with Gasteiger partial charge in [0.25, 0.3) is 0 Å². The highest BCUT2D eigenvalue weighted by Gasteiger charge is 2.30. The van der Waals surface area contributed by atoms with Gasteiger partial charge in [-0.25, -0.2) is 0 Å². The van der Waals surface area contributed by atoms with E-state index in [2.05, 4.69) is 34.5 Å². The number of hydrogen-bond acceptors (Lipinski definition) is 4. The summed E-state index contributed by atoms with van der Waals surface area (Å²) in [6, 6.07) is 15.1. The van der Waals surface area contributed by atoms with Crippen LogP contribution in [0.3, 0.4) is 0 Å². The number of likely N-dealkylation sites (tertiary alicyclic amines) is 1. The van der Waals surface area contributed by atoms with Gasteiger partial charge < -0.3 is 14.8 Å². The predicted octanol–water partition coefficient (Wildman–Crippen LogP) is 2.99. The van der Waals surface area contributed by atoms with Crippen LogP contribution in [0, 0.1) is 0 Å². The van der Waals surface area contributed by atoms with Gasteiger partial charge in [-0.05, 0) is 61.6 Å². The molecule has 0 aromatic heterocycles. The highest BCUT2D eigenvalue weighted by molar-refractivity contribution is 5.79. The molecule has 154 valence electrons. The van der Waals surface area contributed by atoms with E-state index in [1.165, 1.54) is 11.1 Å². The second kappa shape index (κ2) is 8.87.